The van der Waals surface area contributed by atoms with Gasteiger partial charge >= 0.3 is 0 Å². The summed E-state index contributed by atoms with van der Waals surface area (Å²) in [5, 5.41) is 3.37. The molecule has 2 aliphatic heterocycles. The van der Waals surface area contributed by atoms with E-state index >= 15 is 0 Å². The predicted octanol–water partition coefficient (Wildman–Crippen LogP) is 3.04. The third-order valence-corrected chi connectivity index (χ3v) is 9.04. The molecule has 2 heterocycles. The monoisotopic (exact) mass is 434 g/mol. The number of hydrogen-bond donors (Lipinski definition) is 1. The van der Waals surface area contributed by atoms with Crippen LogP contribution in [0.4, 0.5) is 0 Å². The Morgan fingerprint density at radius 3 is 2.60 bits per heavy atom. The number of nitrogens with one attached hydrogen (secondary N) is 1. The summed E-state index contributed by atoms with van der Waals surface area (Å²) < 4.78 is 24.0. The summed E-state index contributed by atoms with van der Waals surface area (Å²) in [5.74, 6) is 0.982. The number of benzene rings is 1. The average molecular weight is 435 g/mol. The lowest BCUT2D eigenvalue weighted by Gasteiger charge is -2.39. The summed E-state index contributed by atoms with van der Waals surface area (Å²) in [5.41, 5.74) is 2.59. The van der Waals surface area contributed by atoms with Gasteiger partial charge in [0.1, 0.15) is 0 Å². The van der Waals surface area contributed by atoms with E-state index in [2.05, 4.69) is 46.3 Å². The first-order valence-corrected chi connectivity index (χ1v) is 12.9. The van der Waals surface area contributed by atoms with Gasteiger partial charge in [0.05, 0.1) is 17.0 Å². The fourth-order valence-corrected chi connectivity index (χ4v) is 5.75. The molecule has 6 nitrogen and oxygen atoms in total. The van der Waals surface area contributed by atoms with Gasteiger partial charge in [-0.3, -0.25) is 4.90 Å². The molecule has 0 radical (unpaired) electrons. The van der Waals surface area contributed by atoms with E-state index in [-0.39, 0.29) is 5.75 Å². The molecular weight excluding hydrogens is 396 g/mol. The van der Waals surface area contributed by atoms with Crippen molar-refractivity contribution in [1.29, 1.82) is 0 Å². The maximum absolute atomic E-state index is 12.4. The largest absolute Gasteiger partial charge is 0.357 e. The maximum Gasteiger partial charge on any atom is 0.194 e. The molecule has 168 valence electrons. The summed E-state index contributed by atoms with van der Waals surface area (Å²) in [7, 11) is -3.07. The number of piperidine rings is 1. The van der Waals surface area contributed by atoms with Crippen molar-refractivity contribution in [3.63, 3.8) is 0 Å². The Labute approximate surface area is 182 Å². The van der Waals surface area contributed by atoms with Gasteiger partial charge in [0.15, 0.2) is 15.8 Å². The molecule has 7 heteroatoms. The zero-order chi connectivity index (χ0) is 21.8. The minimum atomic E-state index is -3.07. The molecule has 0 aromatic heterocycles. The number of aliphatic imine (C=N–C) groups is 1. The molecule has 0 amide bonds. The van der Waals surface area contributed by atoms with Gasteiger partial charge in [-0.05, 0) is 58.2 Å². The van der Waals surface area contributed by atoms with Crippen molar-refractivity contribution in [1.82, 2.24) is 15.1 Å². The Hall–Kier alpha value is -1.60. The Morgan fingerprint density at radius 2 is 1.93 bits per heavy atom. The minimum absolute atomic E-state index is 0.174. The summed E-state index contributed by atoms with van der Waals surface area (Å²) in [4.78, 5) is 9.59. The van der Waals surface area contributed by atoms with Gasteiger partial charge < -0.3 is 10.2 Å². The van der Waals surface area contributed by atoms with Crippen molar-refractivity contribution in [2.45, 2.75) is 70.8 Å². The highest BCUT2D eigenvalue weighted by Gasteiger charge is 2.41. The normalized spacial score (nSPS) is 24.6. The van der Waals surface area contributed by atoms with Crippen LogP contribution in [0.1, 0.15) is 58.1 Å². The average Bonchev–Trinajstić information content (AvgIpc) is 2.70. The van der Waals surface area contributed by atoms with E-state index in [9.17, 15) is 8.42 Å². The van der Waals surface area contributed by atoms with E-state index in [4.69, 9.17) is 4.99 Å². The van der Waals surface area contributed by atoms with Gasteiger partial charge in [0.2, 0.25) is 0 Å². The first kappa shape index (κ1) is 23.1. The fourth-order valence-electron chi connectivity index (χ4n) is 4.39. The van der Waals surface area contributed by atoms with Crippen LogP contribution in [-0.2, 0) is 22.9 Å². The molecule has 1 aromatic carbocycles. The van der Waals surface area contributed by atoms with Crippen molar-refractivity contribution >= 4 is 15.8 Å². The highest BCUT2D eigenvalue weighted by atomic mass is 32.2. The Kier molecular flexibility index (Phi) is 7.45. The van der Waals surface area contributed by atoms with Crippen LogP contribution in [0.2, 0.25) is 0 Å². The number of sulfone groups is 1. The topological polar surface area (TPSA) is 65.0 Å². The molecule has 3 rings (SSSR count). The molecule has 0 aliphatic carbocycles. The third kappa shape index (κ3) is 5.35. The van der Waals surface area contributed by atoms with Crippen LogP contribution in [0.15, 0.2) is 29.3 Å². The summed E-state index contributed by atoms with van der Waals surface area (Å²) in [6.07, 6.45) is 3.89. The number of guanidine groups is 1. The molecule has 1 atom stereocenters. The minimum Gasteiger partial charge on any atom is -0.357 e. The predicted molar refractivity (Wildman–Crippen MR) is 124 cm³/mol. The van der Waals surface area contributed by atoms with E-state index in [0.717, 1.165) is 19.0 Å². The van der Waals surface area contributed by atoms with Gasteiger partial charge in [-0.1, -0.05) is 30.7 Å². The second kappa shape index (κ2) is 9.69. The zero-order valence-corrected chi connectivity index (χ0v) is 19.8. The van der Waals surface area contributed by atoms with Gasteiger partial charge in [-0.2, -0.15) is 0 Å². The summed E-state index contributed by atoms with van der Waals surface area (Å²) in [6.45, 7) is 12.5. The van der Waals surface area contributed by atoms with Crippen LogP contribution in [0, 0.1) is 0 Å². The molecule has 30 heavy (non-hydrogen) atoms. The van der Waals surface area contributed by atoms with Crippen LogP contribution in [0.5, 0.6) is 0 Å². The molecule has 2 fully saturated rings. The maximum atomic E-state index is 12.4. The van der Waals surface area contributed by atoms with Crippen LogP contribution >= 0.6 is 0 Å². The van der Waals surface area contributed by atoms with Crippen molar-refractivity contribution in [2.75, 3.05) is 31.9 Å². The Bertz CT molecular complexity index is 851. The van der Waals surface area contributed by atoms with Crippen molar-refractivity contribution in [3.05, 3.63) is 35.4 Å². The third-order valence-electron chi connectivity index (χ3n) is 6.51. The first-order chi connectivity index (χ1) is 14.2. The lowest BCUT2D eigenvalue weighted by molar-refractivity contribution is 0.152. The molecule has 2 aliphatic rings. The van der Waals surface area contributed by atoms with Gasteiger partial charge in [0.25, 0.3) is 0 Å². The lowest BCUT2D eigenvalue weighted by atomic mass is 10.0. The number of rotatable bonds is 5. The SMILES string of the molecule is CCNC(=NCc1ccccc1CN1CCCCC1C)N1CCS(=O)(=O)C(C)(C)C1. The van der Waals surface area contributed by atoms with Crippen LogP contribution in [0.3, 0.4) is 0 Å². The van der Waals surface area contributed by atoms with Crippen molar-refractivity contribution in [2.24, 2.45) is 4.99 Å². The Balaban J connectivity index is 1.75. The molecule has 1 N–H and O–H groups in total. The quantitative estimate of drug-likeness (QED) is 0.570. The second-order valence-corrected chi connectivity index (χ2v) is 12.0. The first-order valence-electron chi connectivity index (χ1n) is 11.3. The van der Waals surface area contributed by atoms with Gasteiger partial charge in [-0.15, -0.1) is 0 Å². The summed E-state index contributed by atoms with van der Waals surface area (Å²) in [6, 6.07) is 9.21. The van der Waals surface area contributed by atoms with E-state index < -0.39 is 14.6 Å². The van der Waals surface area contributed by atoms with Crippen LogP contribution < -0.4 is 5.32 Å². The fraction of sp³-hybridized carbons (Fsp3) is 0.696. The second-order valence-electron chi connectivity index (χ2n) is 9.25. The van der Waals surface area contributed by atoms with E-state index in [1.807, 2.05) is 20.8 Å². The van der Waals surface area contributed by atoms with Gasteiger partial charge in [-0.25, -0.2) is 13.4 Å². The van der Waals surface area contributed by atoms with E-state index in [1.165, 1.54) is 36.9 Å². The zero-order valence-electron chi connectivity index (χ0n) is 19.0. The summed E-state index contributed by atoms with van der Waals surface area (Å²) >= 11 is 0. The standard InChI is InChI=1S/C23H38N4O2S/c1-5-24-22(27-14-15-30(28,29)23(3,4)18-27)25-16-20-11-6-7-12-21(20)17-26-13-9-8-10-19(26)2/h6-7,11-12,19H,5,8-10,13-18H2,1-4H3,(H,24,25). The van der Waals surface area contributed by atoms with Crippen LogP contribution in [-0.4, -0.2) is 66.9 Å². The number of nitrogens with zero attached hydrogens (tertiary/aromatic N) is 3. The molecule has 1 unspecified atom stereocenters. The molecular formula is C23H38N4O2S. The molecule has 1 aromatic rings. The molecule has 0 bridgehead atoms. The Morgan fingerprint density at radius 1 is 1.20 bits per heavy atom. The molecule has 0 spiro atoms. The van der Waals surface area contributed by atoms with Gasteiger partial charge in [0, 0.05) is 32.2 Å². The van der Waals surface area contributed by atoms with Crippen molar-refractivity contribution in [3.8, 4) is 0 Å². The van der Waals surface area contributed by atoms with E-state index in [1.54, 1.807) is 0 Å². The van der Waals surface area contributed by atoms with E-state index in [0.29, 0.717) is 25.7 Å². The van der Waals surface area contributed by atoms with Crippen molar-refractivity contribution < 1.29 is 8.42 Å². The van der Waals surface area contributed by atoms with Crippen LogP contribution in [0.25, 0.3) is 0 Å². The smallest absolute Gasteiger partial charge is 0.194 e. The molecule has 2 saturated heterocycles. The number of likely N-dealkylation sites (tertiary alicyclic amines) is 1. The highest BCUT2D eigenvalue weighted by Crippen LogP contribution is 2.24. The lowest BCUT2D eigenvalue weighted by Crippen LogP contribution is -2.57. The molecule has 0 saturated carbocycles. The highest BCUT2D eigenvalue weighted by molar-refractivity contribution is 7.92. The number of hydrogen-bond acceptors (Lipinski definition) is 4.